The monoisotopic (exact) mass is 386 g/mol. The topological polar surface area (TPSA) is 69.6 Å². The fourth-order valence-corrected chi connectivity index (χ4v) is 5.73. The summed E-state index contributed by atoms with van der Waals surface area (Å²) in [6, 6.07) is 5.64. The van der Waals surface area contributed by atoms with Gasteiger partial charge in [0.1, 0.15) is 0 Å². The summed E-state index contributed by atoms with van der Waals surface area (Å²) in [5.41, 5.74) is 2.69. The van der Waals surface area contributed by atoms with Crippen molar-refractivity contribution in [3.05, 3.63) is 29.3 Å². The first-order chi connectivity index (χ1) is 13.1. The zero-order valence-corrected chi connectivity index (χ0v) is 17.7. The van der Waals surface area contributed by atoms with Crippen molar-refractivity contribution >= 4 is 17.4 Å². The largest absolute Gasteiger partial charge is 0.395 e. The van der Waals surface area contributed by atoms with Gasteiger partial charge < -0.3 is 10.4 Å². The molecule has 5 heteroatoms. The van der Waals surface area contributed by atoms with Crippen LogP contribution < -0.4 is 5.32 Å². The zero-order chi connectivity index (χ0) is 20.5. The molecule has 2 N–H and O–H groups in total. The first-order valence-corrected chi connectivity index (χ1v) is 10.4. The molecular formula is C23H34N2O3. The third kappa shape index (κ3) is 5.00. The van der Waals surface area contributed by atoms with E-state index in [0.29, 0.717) is 36.7 Å². The van der Waals surface area contributed by atoms with Gasteiger partial charge in [-0.2, -0.15) is 0 Å². The molecule has 5 nitrogen and oxygen atoms in total. The lowest BCUT2D eigenvalue weighted by atomic mass is 9.61. The van der Waals surface area contributed by atoms with Crippen LogP contribution in [0, 0.1) is 16.7 Å². The van der Waals surface area contributed by atoms with Gasteiger partial charge >= 0.3 is 0 Å². The molecular weight excluding hydrogens is 352 g/mol. The number of ketones is 1. The van der Waals surface area contributed by atoms with E-state index in [0.717, 1.165) is 18.4 Å². The molecule has 1 saturated carbocycles. The van der Waals surface area contributed by atoms with E-state index in [-0.39, 0.29) is 35.7 Å². The Bertz CT molecular complexity index is 738. The van der Waals surface area contributed by atoms with Gasteiger partial charge in [0.05, 0.1) is 18.8 Å². The summed E-state index contributed by atoms with van der Waals surface area (Å²) in [6.07, 6.45) is 3.81. The number of nitrogens with one attached hydrogen (secondary N) is 1. The SMILES string of the molecule is CC1(C)CC(CC(=O)Nc2cccc3c2C(=O)CN(CCO)C3)CC(C)(C)C1. The molecule has 0 bridgehead atoms. The number of fused-ring (bicyclic) bond motifs is 1. The van der Waals surface area contributed by atoms with Gasteiger partial charge in [0.25, 0.3) is 0 Å². The van der Waals surface area contributed by atoms with Crippen LogP contribution in [0.1, 0.15) is 69.3 Å². The third-order valence-electron chi connectivity index (χ3n) is 5.99. The van der Waals surface area contributed by atoms with Crippen molar-refractivity contribution in [2.75, 3.05) is 25.0 Å². The number of carbonyl (C=O) groups excluding carboxylic acids is 2. The number of hydrogen-bond donors (Lipinski definition) is 2. The van der Waals surface area contributed by atoms with Crippen LogP contribution in [0.25, 0.3) is 0 Å². The molecule has 0 aromatic heterocycles. The molecule has 28 heavy (non-hydrogen) atoms. The highest BCUT2D eigenvalue weighted by Crippen LogP contribution is 2.49. The van der Waals surface area contributed by atoms with Crippen molar-refractivity contribution in [3.8, 4) is 0 Å². The van der Waals surface area contributed by atoms with Gasteiger partial charge in [-0.05, 0) is 47.6 Å². The highest BCUT2D eigenvalue weighted by atomic mass is 16.3. The Kier molecular flexibility index (Phi) is 5.97. The maximum atomic E-state index is 12.8. The maximum Gasteiger partial charge on any atom is 0.224 e. The average Bonchev–Trinajstić information content (AvgIpc) is 2.51. The predicted octanol–water partition coefficient (Wildman–Crippen LogP) is 3.86. The van der Waals surface area contributed by atoms with Gasteiger partial charge in [-0.3, -0.25) is 14.5 Å². The lowest BCUT2D eigenvalue weighted by Crippen LogP contribution is -2.37. The van der Waals surface area contributed by atoms with Gasteiger partial charge in [0.15, 0.2) is 5.78 Å². The summed E-state index contributed by atoms with van der Waals surface area (Å²) < 4.78 is 0. The van der Waals surface area contributed by atoms with Crippen molar-refractivity contribution in [2.24, 2.45) is 16.7 Å². The lowest BCUT2D eigenvalue weighted by Gasteiger charge is -2.45. The van der Waals surface area contributed by atoms with Gasteiger partial charge in [-0.25, -0.2) is 0 Å². The second-order valence-electron chi connectivity index (χ2n) is 10.2. The molecule has 1 aliphatic carbocycles. The second kappa shape index (κ2) is 7.96. The Labute approximate surface area is 168 Å². The number of rotatable bonds is 5. The number of amides is 1. The van der Waals surface area contributed by atoms with E-state index < -0.39 is 0 Å². The molecule has 1 fully saturated rings. The number of nitrogens with zero attached hydrogens (tertiary/aromatic N) is 1. The Hall–Kier alpha value is -1.72. The van der Waals surface area contributed by atoms with Crippen molar-refractivity contribution in [1.82, 2.24) is 4.90 Å². The quantitative estimate of drug-likeness (QED) is 0.806. The fourth-order valence-electron chi connectivity index (χ4n) is 5.73. The minimum atomic E-state index is -0.00233. The van der Waals surface area contributed by atoms with Crippen molar-refractivity contribution in [2.45, 2.75) is 59.9 Å². The van der Waals surface area contributed by atoms with Crippen LogP contribution in [0.15, 0.2) is 18.2 Å². The van der Waals surface area contributed by atoms with E-state index in [4.69, 9.17) is 5.11 Å². The molecule has 1 aliphatic heterocycles. The average molecular weight is 387 g/mol. The molecule has 1 aromatic carbocycles. The molecule has 0 radical (unpaired) electrons. The first kappa shape index (κ1) is 21.0. The van der Waals surface area contributed by atoms with Crippen LogP contribution in [-0.4, -0.2) is 41.4 Å². The molecule has 0 saturated heterocycles. The van der Waals surface area contributed by atoms with Gasteiger partial charge in [-0.15, -0.1) is 0 Å². The van der Waals surface area contributed by atoms with Crippen molar-refractivity contribution in [3.63, 3.8) is 0 Å². The van der Waals surface area contributed by atoms with Gasteiger partial charge in [0, 0.05) is 25.1 Å². The predicted molar refractivity (Wildman–Crippen MR) is 111 cm³/mol. The van der Waals surface area contributed by atoms with Gasteiger partial charge in [-0.1, -0.05) is 39.8 Å². The molecule has 0 unspecified atom stereocenters. The van der Waals surface area contributed by atoms with Crippen LogP contribution in [0.4, 0.5) is 5.69 Å². The molecule has 0 atom stereocenters. The molecule has 1 amide bonds. The number of β-amino-alcohol motifs (C(OH)–C–C–N with tert-alkyl or cyclic N) is 1. The number of aliphatic hydroxyl groups is 1. The normalized spacial score (nSPS) is 22.0. The molecule has 0 spiro atoms. The van der Waals surface area contributed by atoms with Crippen molar-refractivity contribution < 1.29 is 14.7 Å². The van der Waals surface area contributed by atoms with Crippen LogP contribution >= 0.6 is 0 Å². The number of Topliss-reactive ketones (excluding diaryl/α,β-unsaturated/α-hetero) is 1. The summed E-state index contributed by atoms with van der Waals surface area (Å²) >= 11 is 0. The van der Waals surface area contributed by atoms with E-state index in [1.165, 1.54) is 6.42 Å². The summed E-state index contributed by atoms with van der Waals surface area (Å²) in [7, 11) is 0. The lowest BCUT2D eigenvalue weighted by molar-refractivity contribution is -0.118. The maximum absolute atomic E-state index is 12.8. The zero-order valence-electron chi connectivity index (χ0n) is 17.7. The van der Waals surface area contributed by atoms with E-state index in [1.54, 1.807) is 0 Å². The molecule has 2 aliphatic rings. The summed E-state index contributed by atoms with van der Waals surface area (Å²) in [5, 5.41) is 12.2. The number of aliphatic hydroxyl groups excluding tert-OH is 1. The molecule has 154 valence electrons. The van der Waals surface area contributed by atoms with E-state index >= 15 is 0 Å². The first-order valence-electron chi connectivity index (χ1n) is 10.4. The number of anilines is 1. The van der Waals surface area contributed by atoms with Crippen LogP contribution in [-0.2, 0) is 11.3 Å². The Balaban J connectivity index is 1.70. The van der Waals surface area contributed by atoms with Crippen molar-refractivity contribution in [1.29, 1.82) is 0 Å². The highest BCUT2D eigenvalue weighted by Gasteiger charge is 2.39. The van der Waals surface area contributed by atoms with Gasteiger partial charge in [0.2, 0.25) is 5.91 Å². The number of carbonyl (C=O) groups is 2. The Morgan fingerprint density at radius 3 is 2.50 bits per heavy atom. The highest BCUT2D eigenvalue weighted by molar-refractivity contribution is 6.07. The fraction of sp³-hybridized carbons (Fsp3) is 0.652. The molecule has 1 aromatic rings. The number of hydrogen-bond acceptors (Lipinski definition) is 4. The summed E-state index contributed by atoms with van der Waals surface area (Å²) in [4.78, 5) is 27.4. The standard InChI is InChI=1S/C23H34N2O3/c1-22(2)11-16(12-23(3,4)15-22)10-20(28)24-18-7-5-6-17-13-25(8-9-26)14-19(27)21(17)18/h5-7,16,26H,8-15H2,1-4H3,(H,24,28). The minimum absolute atomic E-state index is 0.00233. The minimum Gasteiger partial charge on any atom is -0.395 e. The Morgan fingerprint density at radius 2 is 1.86 bits per heavy atom. The van der Waals surface area contributed by atoms with Crippen LogP contribution in [0.5, 0.6) is 0 Å². The molecule has 3 rings (SSSR count). The van der Waals surface area contributed by atoms with Crippen LogP contribution in [0.2, 0.25) is 0 Å². The smallest absolute Gasteiger partial charge is 0.224 e. The summed E-state index contributed by atoms with van der Waals surface area (Å²) in [5.74, 6) is 0.372. The number of benzene rings is 1. The van der Waals surface area contributed by atoms with E-state index in [2.05, 4.69) is 33.0 Å². The Morgan fingerprint density at radius 1 is 1.18 bits per heavy atom. The molecule has 1 heterocycles. The summed E-state index contributed by atoms with van der Waals surface area (Å²) in [6.45, 7) is 10.6. The van der Waals surface area contributed by atoms with E-state index in [9.17, 15) is 9.59 Å². The van der Waals surface area contributed by atoms with Crippen LogP contribution in [0.3, 0.4) is 0 Å². The van der Waals surface area contributed by atoms with E-state index in [1.807, 2.05) is 23.1 Å². The second-order valence-corrected chi connectivity index (χ2v) is 10.2. The third-order valence-corrected chi connectivity index (χ3v) is 5.99.